The number of hydrogen-bond donors (Lipinski definition) is 1. The van der Waals surface area contributed by atoms with E-state index < -0.39 is 5.97 Å². The van der Waals surface area contributed by atoms with Gasteiger partial charge in [-0.2, -0.15) is 0 Å². The zero-order valence-corrected chi connectivity index (χ0v) is 11.7. The number of aromatic nitrogens is 1. The zero-order chi connectivity index (χ0) is 13.7. The molecule has 6 heteroatoms. The number of rotatable bonds is 6. The maximum absolute atomic E-state index is 10.7. The van der Waals surface area contributed by atoms with Gasteiger partial charge in [0.25, 0.3) is 0 Å². The quantitative estimate of drug-likeness (QED) is 0.889. The molecule has 100 valence electrons. The third-order valence-corrected chi connectivity index (χ3v) is 3.62. The summed E-state index contributed by atoms with van der Waals surface area (Å²) in [6.45, 7) is 1.02. The summed E-state index contributed by atoms with van der Waals surface area (Å²) in [4.78, 5) is 16.9. The van der Waals surface area contributed by atoms with Gasteiger partial charge in [0.05, 0.1) is 6.42 Å². The van der Waals surface area contributed by atoms with Crippen molar-refractivity contribution < 1.29 is 9.90 Å². The van der Waals surface area contributed by atoms with Crippen molar-refractivity contribution in [1.29, 1.82) is 0 Å². The second-order valence-corrected chi connectivity index (χ2v) is 5.32. The molecule has 1 N–H and O–H groups in total. The zero-order valence-electron chi connectivity index (χ0n) is 10.1. The predicted octanol–water partition coefficient (Wildman–Crippen LogP) is 3.28. The summed E-state index contributed by atoms with van der Waals surface area (Å²) >= 11 is 7.45. The molecular formula is C13H13ClN2O2S. The Labute approximate surface area is 120 Å². The molecule has 0 unspecified atom stereocenters. The third-order valence-electron chi connectivity index (χ3n) is 2.55. The van der Waals surface area contributed by atoms with Gasteiger partial charge in [-0.15, -0.1) is 11.3 Å². The van der Waals surface area contributed by atoms with E-state index in [2.05, 4.69) is 4.98 Å². The first-order chi connectivity index (χ1) is 9.15. The van der Waals surface area contributed by atoms with Crippen LogP contribution in [0.3, 0.4) is 0 Å². The van der Waals surface area contributed by atoms with E-state index in [1.807, 2.05) is 34.5 Å². The van der Waals surface area contributed by atoms with Gasteiger partial charge in [-0.1, -0.05) is 23.7 Å². The van der Waals surface area contributed by atoms with Crippen molar-refractivity contribution in [2.75, 3.05) is 11.4 Å². The van der Waals surface area contributed by atoms with Crippen molar-refractivity contribution in [3.8, 4) is 0 Å². The van der Waals surface area contributed by atoms with Crippen LogP contribution in [0.15, 0.2) is 35.8 Å². The predicted molar refractivity (Wildman–Crippen MR) is 76.9 cm³/mol. The van der Waals surface area contributed by atoms with Crippen molar-refractivity contribution >= 4 is 34.0 Å². The molecule has 0 saturated carbocycles. The van der Waals surface area contributed by atoms with E-state index in [1.54, 1.807) is 6.20 Å². The molecule has 0 atom stereocenters. The standard InChI is InChI=1S/C13H13ClN2O2S/c14-11-3-1-2-10(8-11)9-16(6-4-12(17)18)13-15-5-7-19-13/h1-3,5,7-8H,4,6,9H2,(H,17,18). The molecule has 0 amide bonds. The molecule has 2 aromatic rings. The van der Waals surface area contributed by atoms with Gasteiger partial charge in [0.1, 0.15) is 0 Å². The highest BCUT2D eigenvalue weighted by Crippen LogP contribution is 2.21. The van der Waals surface area contributed by atoms with Crippen LogP contribution in [0.1, 0.15) is 12.0 Å². The van der Waals surface area contributed by atoms with Crippen LogP contribution in [0.25, 0.3) is 0 Å². The van der Waals surface area contributed by atoms with Crippen LogP contribution in [0.4, 0.5) is 5.13 Å². The van der Waals surface area contributed by atoms with E-state index >= 15 is 0 Å². The molecule has 2 rings (SSSR count). The number of hydrogen-bond acceptors (Lipinski definition) is 4. The largest absolute Gasteiger partial charge is 0.481 e. The number of aliphatic carboxylic acids is 1. The first-order valence-corrected chi connectivity index (χ1v) is 7.01. The molecule has 0 aliphatic heterocycles. The van der Waals surface area contributed by atoms with Gasteiger partial charge in [-0.3, -0.25) is 4.79 Å². The highest BCUT2D eigenvalue weighted by Gasteiger charge is 2.11. The summed E-state index contributed by atoms with van der Waals surface area (Å²) in [5, 5.41) is 12.2. The Kier molecular flexibility index (Phi) is 4.76. The molecular weight excluding hydrogens is 284 g/mol. The fourth-order valence-electron chi connectivity index (χ4n) is 1.70. The third kappa shape index (κ3) is 4.22. The normalized spacial score (nSPS) is 10.4. The molecule has 0 aliphatic rings. The Morgan fingerprint density at radius 2 is 2.32 bits per heavy atom. The first kappa shape index (κ1) is 13.8. The maximum atomic E-state index is 10.7. The summed E-state index contributed by atoms with van der Waals surface area (Å²) in [5.74, 6) is -0.812. The summed E-state index contributed by atoms with van der Waals surface area (Å²) in [7, 11) is 0. The van der Waals surface area contributed by atoms with Crippen molar-refractivity contribution in [1.82, 2.24) is 4.98 Å². The van der Waals surface area contributed by atoms with Gasteiger partial charge in [0.2, 0.25) is 0 Å². The maximum Gasteiger partial charge on any atom is 0.305 e. The number of carboxylic acids is 1. The highest BCUT2D eigenvalue weighted by molar-refractivity contribution is 7.13. The average Bonchev–Trinajstić information content (AvgIpc) is 2.88. The lowest BCUT2D eigenvalue weighted by Crippen LogP contribution is -2.25. The fraction of sp³-hybridized carbons (Fsp3) is 0.231. The Balaban J connectivity index is 2.11. The number of halogens is 1. The van der Waals surface area contributed by atoms with E-state index in [9.17, 15) is 4.79 Å². The van der Waals surface area contributed by atoms with Crippen LogP contribution in [0.2, 0.25) is 5.02 Å². The van der Waals surface area contributed by atoms with Crippen LogP contribution in [0, 0.1) is 0 Å². The summed E-state index contributed by atoms with van der Waals surface area (Å²) in [6, 6.07) is 7.54. The number of nitrogens with zero attached hydrogens (tertiary/aromatic N) is 2. The summed E-state index contributed by atoms with van der Waals surface area (Å²) < 4.78 is 0. The minimum atomic E-state index is -0.812. The van der Waals surface area contributed by atoms with Gasteiger partial charge in [0.15, 0.2) is 5.13 Å². The summed E-state index contributed by atoms with van der Waals surface area (Å²) in [5.41, 5.74) is 1.04. The molecule has 1 heterocycles. The molecule has 0 bridgehead atoms. The average molecular weight is 297 g/mol. The topological polar surface area (TPSA) is 53.4 Å². The number of carbonyl (C=O) groups is 1. The van der Waals surface area contributed by atoms with E-state index in [0.717, 1.165) is 10.7 Å². The highest BCUT2D eigenvalue weighted by atomic mass is 35.5. The van der Waals surface area contributed by atoms with Crippen LogP contribution in [-0.2, 0) is 11.3 Å². The summed E-state index contributed by atoms with van der Waals surface area (Å²) in [6.07, 6.45) is 1.80. The molecule has 1 aromatic carbocycles. The van der Waals surface area contributed by atoms with E-state index in [1.165, 1.54) is 11.3 Å². The lowest BCUT2D eigenvalue weighted by Gasteiger charge is -2.21. The van der Waals surface area contributed by atoms with Crippen molar-refractivity contribution in [3.05, 3.63) is 46.4 Å². The molecule has 4 nitrogen and oxygen atoms in total. The van der Waals surface area contributed by atoms with Crippen molar-refractivity contribution in [3.63, 3.8) is 0 Å². The first-order valence-electron chi connectivity index (χ1n) is 5.76. The number of anilines is 1. The molecule has 0 aliphatic carbocycles. The molecule has 19 heavy (non-hydrogen) atoms. The van der Waals surface area contributed by atoms with Gasteiger partial charge >= 0.3 is 5.97 Å². The molecule has 0 spiro atoms. The number of thiazole rings is 1. The Bertz CT molecular complexity index is 545. The second kappa shape index (κ2) is 6.54. The van der Waals surface area contributed by atoms with Crippen LogP contribution in [0.5, 0.6) is 0 Å². The number of carboxylic acid groups (broad SMARTS) is 1. The fourth-order valence-corrected chi connectivity index (χ4v) is 2.58. The van der Waals surface area contributed by atoms with Crippen molar-refractivity contribution in [2.45, 2.75) is 13.0 Å². The molecule has 0 fully saturated rings. The van der Waals surface area contributed by atoms with E-state index in [0.29, 0.717) is 18.1 Å². The lowest BCUT2D eigenvalue weighted by molar-refractivity contribution is -0.136. The van der Waals surface area contributed by atoms with E-state index in [4.69, 9.17) is 16.7 Å². The minimum Gasteiger partial charge on any atom is -0.481 e. The Morgan fingerprint density at radius 1 is 1.47 bits per heavy atom. The van der Waals surface area contributed by atoms with Gasteiger partial charge in [-0.05, 0) is 17.7 Å². The Hall–Kier alpha value is -1.59. The lowest BCUT2D eigenvalue weighted by atomic mass is 10.2. The molecule has 0 saturated heterocycles. The monoisotopic (exact) mass is 296 g/mol. The molecule has 0 radical (unpaired) electrons. The van der Waals surface area contributed by atoms with Crippen LogP contribution >= 0.6 is 22.9 Å². The number of benzene rings is 1. The van der Waals surface area contributed by atoms with Gasteiger partial charge in [0, 0.05) is 29.7 Å². The van der Waals surface area contributed by atoms with E-state index in [-0.39, 0.29) is 6.42 Å². The van der Waals surface area contributed by atoms with Crippen LogP contribution in [-0.4, -0.2) is 22.6 Å². The molecule has 1 aromatic heterocycles. The SMILES string of the molecule is O=C(O)CCN(Cc1cccc(Cl)c1)c1nccs1. The van der Waals surface area contributed by atoms with Crippen molar-refractivity contribution in [2.24, 2.45) is 0 Å². The Morgan fingerprint density at radius 3 is 2.95 bits per heavy atom. The van der Waals surface area contributed by atoms with Crippen LogP contribution < -0.4 is 4.90 Å². The smallest absolute Gasteiger partial charge is 0.305 e. The minimum absolute atomic E-state index is 0.0835. The van der Waals surface area contributed by atoms with Gasteiger partial charge in [-0.25, -0.2) is 4.98 Å². The second-order valence-electron chi connectivity index (χ2n) is 4.01. The van der Waals surface area contributed by atoms with Gasteiger partial charge < -0.3 is 10.0 Å².